The second-order valence-corrected chi connectivity index (χ2v) is 4.83. The van der Waals surface area contributed by atoms with Crippen molar-refractivity contribution in [1.29, 1.82) is 0 Å². The predicted molar refractivity (Wildman–Crippen MR) is 74.3 cm³/mol. The molecule has 2 rings (SSSR count). The van der Waals surface area contributed by atoms with Crippen molar-refractivity contribution in [3.63, 3.8) is 0 Å². The monoisotopic (exact) mass is 277 g/mol. The second kappa shape index (κ2) is 6.11. The van der Waals surface area contributed by atoms with Crippen molar-refractivity contribution in [2.24, 2.45) is 5.73 Å². The number of aryl methyl sites for hydroxylation is 1. The zero-order valence-electron chi connectivity index (χ0n) is 11.2. The standard InChI is InChI=1S/C16H17F2NO/c1-10-5-7-11(8-6-10)12(9-19)16(20)15-13(17)3-2-4-14(15)18/h2-8,12,16,20H,9,19H2,1H3. The number of nitrogens with two attached hydrogens (primary N) is 1. The van der Waals surface area contributed by atoms with Gasteiger partial charge in [-0.25, -0.2) is 8.78 Å². The first-order chi connectivity index (χ1) is 9.54. The van der Waals surface area contributed by atoms with E-state index in [0.717, 1.165) is 23.3 Å². The topological polar surface area (TPSA) is 46.2 Å². The van der Waals surface area contributed by atoms with Gasteiger partial charge in [0.2, 0.25) is 0 Å². The lowest BCUT2D eigenvalue weighted by atomic mass is 9.88. The summed E-state index contributed by atoms with van der Waals surface area (Å²) >= 11 is 0. The number of aliphatic hydroxyl groups is 1. The van der Waals surface area contributed by atoms with Crippen molar-refractivity contribution in [3.05, 3.63) is 70.8 Å². The van der Waals surface area contributed by atoms with Crippen molar-refractivity contribution < 1.29 is 13.9 Å². The van der Waals surface area contributed by atoms with E-state index < -0.39 is 23.7 Å². The largest absolute Gasteiger partial charge is 0.388 e. The predicted octanol–water partition coefficient (Wildman–Crippen LogP) is 3.05. The molecule has 2 aromatic rings. The van der Waals surface area contributed by atoms with Gasteiger partial charge in [0.25, 0.3) is 0 Å². The average Bonchev–Trinajstić information content (AvgIpc) is 2.41. The Balaban J connectivity index is 2.39. The molecule has 106 valence electrons. The molecule has 0 aliphatic carbocycles. The zero-order chi connectivity index (χ0) is 14.7. The fourth-order valence-electron chi connectivity index (χ4n) is 2.26. The van der Waals surface area contributed by atoms with Crippen LogP contribution in [0.2, 0.25) is 0 Å². The van der Waals surface area contributed by atoms with Crippen LogP contribution in [0.5, 0.6) is 0 Å². The van der Waals surface area contributed by atoms with Crippen molar-refractivity contribution in [2.45, 2.75) is 18.9 Å². The van der Waals surface area contributed by atoms with Crippen LogP contribution in [-0.2, 0) is 0 Å². The number of aliphatic hydroxyl groups excluding tert-OH is 1. The molecular formula is C16H17F2NO. The maximum absolute atomic E-state index is 13.7. The molecule has 3 N–H and O–H groups in total. The van der Waals surface area contributed by atoms with Gasteiger partial charge in [0.15, 0.2) is 0 Å². The summed E-state index contributed by atoms with van der Waals surface area (Å²) in [6.07, 6.45) is -1.32. The molecule has 0 radical (unpaired) electrons. The van der Waals surface area contributed by atoms with E-state index in [4.69, 9.17) is 5.73 Å². The summed E-state index contributed by atoms with van der Waals surface area (Å²) in [5.74, 6) is -2.08. The lowest BCUT2D eigenvalue weighted by Crippen LogP contribution is -2.21. The molecule has 0 spiro atoms. The minimum absolute atomic E-state index is 0.0952. The molecule has 0 aliphatic rings. The van der Waals surface area contributed by atoms with Gasteiger partial charge in [-0.05, 0) is 24.6 Å². The molecule has 0 bridgehead atoms. The van der Waals surface area contributed by atoms with Crippen LogP contribution in [0, 0.1) is 18.6 Å². The summed E-state index contributed by atoms with van der Waals surface area (Å²) in [7, 11) is 0. The zero-order valence-corrected chi connectivity index (χ0v) is 11.2. The van der Waals surface area contributed by atoms with Crippen LogP contribution in [0.25, 0.3) is 0 Å². The van der Waals surface area contributed by atoms with Crippen molar-refractivity contribution in [2.75, 3.05) is 6.54 Å². The summed E-state index contributed by atoms with van der Waals surface area (Å²) in [6, 6.07) is 10.9. The highest BCUT2D eigenvalue weighted by Gasteiger charge is 2.26. The van der Waals surface area contributed by atoms with E-state index in [1.807, 2.05) is 31.2 Å². The molecule has 0 heterocycles. The van der Waals surface area contributed by atoms with E-state index in [1.54, 1.807) is 0 Å². The van der Waals surface area contributed by atoms with Crippen LogP contribution < -0.4 is 5.73 Å². The van der Waals surface area contributed by atoms with E-state index >= 15 is 0 Å². The molecule has 0 saturated heterocycles. The van der Waals surface area contributed by atoms with Crippen molar-refractivity contribution in [1.82, 2.24) is 0 Å². The van der Waals surface area contributed by atoms with Gasteiger partial charge in [-0.2, -0.15) is 0 Å². The number of rotatable bonds is 4. The summed E-state index contributed by atoms with van der Waals surface area (Å²) in [4.78, 5) is 0. The Morgan fingerprint density at radius 1 is 1.05 bits per heavy atom. The highest BCUT2D eigenvalue weighted by Crippen LogP contribution is 2.33. The Bertz CT molecular complexity index is 563. The van der Waals surface area contributed by atoms with Crippen LogP contribution in [-0.4, -0.2) is 11.7 Å². The molecular weight excluding hydrogens is 260 g/mol. The number of benzene rings is 2. The first-order valence-corrected chi connectivity index (χ1v) is 6.43. The van der Waals surface area contributed by atoms with Gasteiger partial charge in [0.05, 0.1) is 11.7 Å². The normalized spacial score (nSPS) is 14.1. The SMILES string of the molecule is Cc1ccc(C(CN)C(O)c2c(F)cccc2F)cc1. The summed E-state index contributed by atoms with van der Waals surface area (Å²) in [5, 5.41) is 10.3. The Kier molecular flexibility index (Phi) is 4.47. The third kappa shape index (κ3) is 2.86. The third-order valence-electron chi connectivity index (χ3n) is 3.44. The lowest BCUT2D eigenvalue weighted by molar-refractivity contribution is 0.138. The third-order valence-corrected chi connectivity index (χ3v) is 3.44. The molecule has 0 aromatic heterocycles. The minimum atomic E-state index is -1.32. The van der Waals surface area contributed by atoms with Gasteiger partial charge < -0.3 is 10.8 Å². The Hall–Kier alpha value is -1.78. The summed E-state index contributed by atoms with van der Waals surface area (Å²) in [5.41, 5.74) is 7.17. The maximum atomic E-state index is 13.7. The maximum Gasteiger partial charge on any atom is 0.131 e. The first-order valence-electron chi connectivity index (χ1n) is 6.43. The molecule has 2 nitrogen and oxygen atoms in total. The molecule has 2 aromatic carbocycles. The van der Waals surface area contributed by atoms with Crippen LogP contribution in [0.3, 0.4) is 0 Å². The van der Waals surface area contributed by atoms with Gasteiger partial charge >= 0.3 is 0 Å². The molecule has 0 aliphatic heterocycles. The highest BCUT2D eigenvalue weighted by atomic mass is 19.1. The van der Waals surface area contributed by atoms with Gasteiger partial charge in [-0.15, -0.1) is 0 Å². The first kappa shape index (κ1) is 14.6. The minimum Gasteiger partial charge on any atom is -0.388 e. The van der Waals surface area contributed by atoms with E-state index in [1.165, 1.54) is 6.07 Å². The van der Waals surface area contributed by atoms with E-state index in [9.17, 15) is 13.9 Å². The van der Waals surface area contributed by atoms with Crippen LogP contribution in [0.15, 0.2) is 42.5 Å². The van der Waals surface area contributed by atoms with Crippen LogP contribution in [0.4, 0.5) is 8.78 Å². The summed E-state index contributed by atoms with van der Waals surface area (Å²) < 4.78 is 27.5. The summed E-state index contributed by atoms with van der Waals surface area (Å²) in [6.45, 7) is 2.03. The molecule has 2 atom stereocenters. The lowest BCUT2D eigenvalue weighted by Gasteiger charge is -2.23. The van der Waals surface area contributed by atoms with E-state index in [2.05, 4.69) is 0 Å². The van der Waals surface area contributed by atoms with Crippen molar-refractivity contribution in [3.8, 4) is 0 Å². The van der Waals surface area contributed by atoms with Crippen molar-refractivity contribution >= 4 is 0 Å². The molecule has 0 saturated carbocycles. The van der Waals surface area contributed by atoms with Gasteiger partial charge in [-0.1, -0.05) is 35.9 Å². The fraction of sp³-hybridized carbons (Fsp3) is 0.250. The van der Waals surface area contributed by atoms with Gasteiger partial charge in [-0.3, -0.25) is 0 Å². The van der Waals surface area contributed by atoms with E-state index in [0.29, 0.717) is 0 Å². The molecule has 4 heteroatoms. The molecule has 2 unspecified atom stereocenters. The average molecular weight is 277 g/mol. The van der Waals surface area contributed by atoms with E-state index in [-0.39, 0.29) is 12.1 Å². The van der Waals surface area contributed by atoms with Gasteiger partial charge in [0, 0.05) is 12.5 Å². The highest BCUT2D eigenvalue weighted by molar-refractivity contribution is 5.30. The Morgan fingerprint density at radius 3 is 2.10 bits per heavy atom. The second-order valence-electron chi connectivity index (χ2n) is 4.83. The quantitative estimate of drug-likeness (QED) is 0.902. The number of halogens is 2. The number of hydrogen-bond acceptors (Lipinski definition) is 2. The number of hydrogen-bond donors (Lipinski definition) is 2. The molecule has 20 heavy (non-hydrogen) atoms. The van der Waals surface area contributed by atoms with Gasteiger partial charge in [0.1, 0.15) is 11.6 Å². The van der Waals surface area contributed by atoms with Crippen LogP contribution >= 0.6 is 0 Å². The fourth-order valence-corrected chi connectivity index (χ4v) is 2.26. The smallest absolute Gasteiger partial charge is 0.131 e. The van der Waals surface area contributed by atoms with Crippen LogP contribution in [0.1, 0.15) is 28.7 Å². The molecule has 0 fully saturated rings. The Morgan fingerprint density at radius 2 is 1.60 bits per heavy atom. The molecule has 0 amide bonds. The Labute approximate surface area is 116 Å².